The van der Waals surface area contributed by atoms with E-state index in [1.54, 1.807) is 18.3 Å². The molecule has 0 radical (unpaired) electrons. The second-order valence-electron chi connectivity index (χ2n) is 6.62. The molecule has 0 saturated carbocycles. The lowest BCUT2D eigenvalue weighted by Gasteiger charge is -2.26. The van der Waals surface area contributed by atoms with E-state index in [4.69, 9.17) is 14.2 Å². The van der Waals surface area contributed by atoms with Crippen LogP contribution in [-0.2, 0) is 9.59 Å². The van der Waals surface area contributed by atoms with E-state index < -0.39 is 23.9 Å². The fourth-order valence-electron chi connectivity index (χ4n) is 3.43. The largest absolute Gasteiger partial charge is 0.496 e. The van der Waals surface area contributed by atoms with Crippen LogP contribution in [0.25, 0.3) is 11.3 Å². The maximum absolute atomic E-state index is 12.0. The van der Waals surface area contributed by atoms with Crippen LogP contribution in [0.15, 0.2) is 55.0 Å². The molecule has 1 heterocycles. The average molecular weight is 426 g/mol. The SMILES string of the molecule is COc1cc(OC)c(C(C(C(=O)O)C(=O)O)n2cnc(-c3ccccc3)c2)c(OC)c1. The number of hydrogen-bond donors (Lipinski definition) is 2. The Kier molecular flexibility index (Phi) is 6.44. The third-order valence-electron chi connectivity index (χ3n) is 4.89. The van der Waals surface area contributed by atoms with Crippen LogP contribution >= 0.6 is 0 Å². The van der Waals surface area contributed by atoms with Crippen LogP contribution in [0.3, 0.4) is 0 Å². The Morgan fingerprint density at radius 2 is 1.52 bits per heavy atom. The van der Waals surface area contributed by atoms with Gasteiger partial charge in [-0.2, -0.15) is 0 Å². The molecule has 0 aliphatic heterocycles. The number of rotatable bonds is 9. The topological polar surface area (TPSA) is 120 Å². The predicted octanol–water partition coefficient (Wildman–Crippen LogP) is 2.95. The van der Waals surface area contributed by atoms with E-state index >= 15 is 0 Å². The van der Waals surface area contributed by atoms with Gasteiger partial charge in [-0.1, -0.05) is 30.3 Å². The summed E-state index contributed by atoms with van der Waals surface area (Å²) in [6.07, 6.45) is 3.00. The molecule has 0 aliphatic carbocycles. The van der Waals surface area contributed by atoms with Crippen molar-refractivity contribution in [1.29, 1.82) is 0 Å². The van der Waals surface area contributed by atoms with Gasteiger partial charge in [0.15, 0.2) is 5.92 Å². The molecule has 162 valence electrons. The van der Waals surface area contributed by atoms with Crippen LogP contribution in [0.4, 0.5) is 0 Å². The lowest BCUT2D eigenvalue weighted by Crippen LogP contribution is -2.34. The Bertz CT molecular complexity index is 1040. The molecule has 31 heavy (non-hydrogen) atoms. The standard InChI is InChI=1S/C22H22N2O7/c1-29-14-9-16(30-2)18(17(10-14)31-3)20(19(21(25)26)22(27)28)24-11-15(23-12-24)13-7-5-4-6-8-13/h4-12,19-20H,1-3H3,(H,25,26)(H,27,28). The highest BCUT2D eigenvalue weighted by atomic mass is 16.5. The van der Waals surface area contributed by atoms with Gasteiger partial charge in [-0.3, -0.25) is 9.59 Å². The van der Waals surface area contributed by atoms with Crippen LogP contribution < -0.4 is 14.2 Å². The predicted molar refractivity (Wildman–Crippen MR) is 111 cm³/mol. The van der Waals surface area contributed by atoms with Gasteiger partial charge in [0.25, 0.3) is 0 Å². The lowest BCUT2D eigenvalue weighted by molar-refractivity contribution is -0.156. The van der Waals surface area contributed by atoms with Crippen LogP contribution in [0, 0.1) is 5.92 Å². The number of imidazole rings is 1. The van der Waals surface area contributed by atoms with Gasteiger partial charge in [-0.05, 0) is 0 Å². The smallest absolute Gasteiger partial charge is 0.320 e. The van der Waals surface area contributed by atoms with E-state index in [0.717, 1.165) is 5.56 Å². The molecule has 0 fully saturated rings. The van der Waals surface area contributed by atoms with Crippen LogP contribution in [0.1, 0.15) is 11.6 Å². The molecule has 2 N–H and O–H groups in total. The van der Waals surface area contributed by atoms with E-state index in [1.807, 2.05) is 30.3 Å². The van der Waals surface area contributed by atoms with Crippen molar-refractivity contribution >= 4 is 11.9 Å². The van der Waals surface area contributed by atoms with E-state index in [-0.39, 0.29) is 17.1 Å². The summed E-state index contributed by atoms with van der Waals surface area (Å²) in [5.41, 5.74) is 1.61. The number of carboxylic acids is 2. The Hall–Kier alpha value is -4.01. The zero-order valence-corrected chi connectivity index (χ0v) is 17.2. The summed E-state index contributed by atoms with van der Waals surface area (Å²) in [7, 11) is 4.26. The zero-order chi connectivity index (χ0) is 22.5. The first-order chi connectivity index (χ1) is 14.9. The van der Waals surface area contributed by atoms with Gasteiger partial charge in [0.1, 0.15) is 17.2 Å². The monoisotopic (exact) mass is 426 g/mol. The number of ether oxygens (including phenoxy) is 3. The van der Waals surface area contributed by atoms with Gasteiger partial charge in [0.05, 0.1) is 45.0 Å². The summed E-state index contributed by atoms with van der Waals surface area (Å²) >= 11 is 0. The molecule has 1 atom stereocenters. The Labute approximate surface area is 178 Å². The quantitative estimate of drug-likeness (QED) is 0.501. The van der Waals surface area contributed by atoms with Crippen molar-refractivity contribution in [3.8, 4) is 28.5 Å². The molecule has 0 spiro atoms. The highest BCUT2D eigenvalue weighted by Crippen LogP contribution is 2.43. The fourth-order valence-corrected chi connectivity index (χ4v) is 3.43. The zero-order valence-electron chi connectivity index (χ0n) is 17.2. The Morgan fingerprint density at radius 3 is 2.00 bits per heavy atom. The van der Waals surface area contributed by atoms with Gasteiger partial charge in [0, 0.05) is 23.9 Å². The van der Waals surface area contributed by atoms with Crippen LogP contribution in [-0.4, -0.2) is 53.0 Å². The van der Waals surface area contributed by atoms with Crippen molar-refractivity contribution in [2.75, 3.05) is 21.3 Å². The molecule has 9 nitrogen and oxygen atoms in total. The number of methoxy groups -OCH3 is 3. The molecule has 0 saturated heterocycles. The first kappa shape index (κ1) is 21.7. The molecular formula is C22H22N2O7. The van der Waals surface area contributed by atoms with Gasteiger partial charge >= 0.3 is 11.9 Å². The molecule has 9 heteroatoms. The Morgan fingerprint density at radius 1 is 0.935 bits per heavy atom. The van der Waals surface area contributed by atoms with Crippen molar-refractivity contribution in [3.05, 3.63) is 60.6 Å². The Balaban J connectivity index is 2.26. The molecular weight excluding hydrogens is 404 g/mol. The van der Waals surface area contributed by atoms with E-state index in [0.29, 0.717) is 11.4 Å². The minimum absolute atomic E-state index is 0.226. The van der Waals surface area contributed by atoms with Crippen molar-refractivity contribution in [1.82, 2.24) is 9.55 Å². The fraction of sp³-hybridized carbons (Fsp3) is 0.227. The van der Waals surface area contributed by atoms with Gasteiger partial charge < -0.3 is 29.0 Å². The van der Waals surface area contributed by atoms with E-state index in [2.05, 4.69) is 4.98 Å². The molecule has 2 aromatic carbocycles. The average Bonchev–Trinajstić information content (AvgIpc) is 3.26. The maximum Gasteiger partial charge on any atom is 0.320 e. The molecule has 0 bridgehead atoms. The molecule has 1 unspecified atom stereocenters. The van der Waals surface area contributed by atoms with Crippen molar-refractivity contribution < 1.29 is 34.0 Å². The molecule has 0 amide bonds. The summed E-state index contributed by atoms with van der Waals surface area (Å²) in [4.78, 5) is 28.4. The summed E-state index contributed by atoms with van der Waals surface area (Å²) < 4.78 is 17.6. The first-order valence-electron chi connectivity index (χ1n) is 9.25. The summed E-state index contributed by atoms with van der Waals surface area (Å²) in [6, 6.07) is 11.1. The maximum atomic E-state index is 12.0. The third-order valence-corrected chi connectivity index (χ3v) is 4.89. The summed E-state index contributed by atoms with van der Waals surface area (Å²) in [5.74, 6) is -3.99. The van der Waals surface area contributed by atoms with Gasteiger partial charge in [-0.25, -0.2) is 4.98 Å². The van der Waals surface area contributed by atoms with Gasteiger partial charge in [-0.15, -0.1) is 0 Å². The number of carboxylic acid groups (broad SMARTS) is 2. The number of carbonyl (C=O) groups is 2. The van der Waals surface area contributed by atoms with Crippen LogP contribution in [0.5, 0.6) is 17.2 Å². The number of nitrogens with zero attached hydrogens (tertiary/aromatic N) is 2. The number of benzene rings is 2. The highest BCUT2D eigenvalue weighted by molar-refractivity contribution is 5.94. The minimum Gasteiger partial charge on any atom is -0.496 e. The molecule has 3 aromatic rings. The van der Waals surface area contributed by atoms with Crippen molar-refractivity contribution in [3.63, 3.8) is 0 Å². The number of aromatic nitrogens is 2. The lowest BCUT2D eigenvalue weighted by atomic mass is 9.91. The third kappa shape index (κ3) is 4.30. The number of aliphatic carboxylic acids is 2. The molecule has 3 rings (SSSR count). The van der Waals surface area contributed by atoms with Crippen molar-refractivity contribution in [2.45, 2.75) is 6.04 Å². The van der Waals surface area contributed by atoms with E-state index in [9.17, 15) is 19.8 Å². The molecule has 1 aromatic heterocycles. The summed E-state index contributed by atoms with van der Waals surface area (Å²) in [6.45, 7) is 0. The normalized spacial score (nSPS) is 11.7. The van der Waals surface area contributed by atoms with Crippen molar-refractivity contribution in [2.24, 2.45) is 5.92 Å². The van der Waals surface area contributed by atoms with Crippen LogP contribution in [0.2, 0.25) is 0 Å². The minimum atomic E-state index is -1.84. The summed E-state index contributed by atoms with van der Waals surface area (Å²) in [5, 5.41) is 19.5. The highest BCUT2D eigenvalue weighted by Gasteiger charge is 2.41. The first-order valence-corrected chi connectivity index (χ1v) is 9.25. The molecule has 0 aliphatic rings. The van der Waals surface area contributed by atoms with Gasteiger partial charge in [0.2, 0.25) is 0 Å². The second-order valence-corrected chi connectivity index (χ2v) is 6.62. The van der Waals surface area contributed by atoms with E-state index in [1.165, 1.54) is 32.2 Å². The second kappa shape index (κ2) is 9.21. The number of hydrogen-bond acceptors (Lipinski definition) is 6.